The van der Waals surface area contributed by atoms with E-state index < -0.39 is 23.6 Å². The summed E-state index contributed by atoms with van der Waals surface area (Å²) in [5.41, 5.74) is 1.71. The van der Waals surface area contributed by atoms with Crippen LogP contribution in [0.5, 0.6) is 0 Å². The number of ether oxygens (including phenoxy) is 2. The summed E-state index contributed by atoms with van der Waals surface area (Å²) in [6.07, 6.45) is -0.00499. The van der Waals surface area contributed by atoms with E-state index in [1.54, 1.807) is 26.0 Å². The summed E-state index contributed by atoms with van der Waals surface area (Å²) in [5.74, 6) is -3.73. The molecule has 0 radical (unpaired) electrons. The van der Waals surface area contributed by atoms with Crippen molar-refractivity contribution in [1.82, 2.24) is 0 Å². The first-order valence-electron chi connectivity index (χ1n) is 6.91. The molecule has 1 aromatic rings. The van der Waals surface area contributed by atoms with Crippen molar-refractivity contribution < 1.29 is 23.9 Å². The molecular formula is C16H20O5. The summed E-state index contributed by atoms with van der Waals surface area (Å²) >= 11 is 0. The first kappa shape index (κ1) is 16.9. The molecule has 0 spiro atoms. The van der Waals surface area contributed by atoms with Crippen LogP contribution in [-0.2, 0) is 30.3 Å². The fourth-order valence-electron chi connectivity index (χ4n) is 1.91. The van der Waals surface area contributed by atoms with Crippen LogP contribution in [0.4, 0.5) is 0 Å². The lowest BCUT2D eigenvalue weighted by molar-refractivity contribution is -0.163. The molecule has 0 aliphatic carbocycles. The van der Waals surface area contributed by atoms with Gasteiger partial charge < -0.3 is 9.47 Å². The molecule has 0 saturated heterocycles. The highest BCUT2D eigenvalue weighted by Gasteiger charge is 2.36. The van der Waals surface area contributed by atoms with Crippen LogP contribution >= 0.6 is 0 Å². The van der Waals surface area contributed by atoms with E-state index >= 15 is 0 Å². The number of benzene rings is 1. The predicted molar refractivity (Wildman–Crippen MR) is 76.6 cm³/mol. The molecule has 0 aliphatic heterocycles. The minimum Gasteiger partial charge on any atom is -0.465 e. The minimum absolute atomic E-state index is 0.00499. The number of ketones is 1. The number of carbonyl (C=O) groups excluding carboxylic acids is 3. The Bertz CT molecular complexity index is 503. The Morgan fingerprint density at radius 2 is 1.52 bits per heavy atom. The zero-order chi connectivity index (χ0) is 15.8. The van der Waals surface area contributed by atoms with Crippen molar-refractivity contribution in [2.75, 3.05) is 13.2 Å². The second kappa shape index (κ2) is 8.19. The van der Waals surface area contributed by atoms with Crippen molar-refractivity contribution in [3.63, 3.8) is 0 Å². The third kappa shape index (κ3) is 4.70. The Hall–Kier alpha value is -2.17. The molecule has 0 amide bonds. The Morgan fingerprint density at radius 1 is 1.00 bits per heavy atom. The number of rotatable bonds is 7. The molecule has 0 saturated carbocycles. The Morgan fingerprint density at radius 3 is 2.00 bits per heavy atom. The molecule has 0 heterocycles. The molecular weight excluding hydrogens is 272 g/mol. The molecule has 114 valence electrons. The summed E-state index contributed by atoms with van der Waals surface area (Å²) in [7, 11) is 0. The van der Waals surface area contributed by atoms with Crippen LogP contribution in [0.15, 0.2) is 24.3 Å². The smallest absolute Gasteiger partial charge is 0.328 e. The van der Waals surface area contributed by atoms with Crippen LogP contribution in [0.1, 0.15) is 25.0 Å². The molecule has 21 heavy (non-hydrogen) atoms. The Kier molecular flexibility index (Phi) is 6.59. The Balaban J connectivity index is 2.92. The molecule has 0 N–H and O–H groups in total. The van der Waals surface area contributed by atoms with E-state index in [2.05, 4.69) is 0 Å². The number of carbonyl (C=O) groups is 3. The quantitative estimate of drug-likeness (QED) is 0.566. The molecule has 0 aromatic heterocycles. The van der Waals surface area contributed by atoms with Gasteiger partial charge >= 0.3 is 11.9 Å². The first-order valence-corrected chi connectivity index (χ1v) is 6.91. The maximum absolute atomic E-state index is 12.3. The van der Waals surface area contributed by atoms with Gasteiger partial charge in [-0.25, -0.2) is 0 Å². The number of esters is 2. The predicted octanol–water partition coefficient (Wildman–Crippen LogP) is 1.85. The van der Waals surface area contributed by atoms with Gasteiger partial charge in [0.25, 0.3) is 0 Å². The maximum atomic E-state index is 12.3. The summed E-state index contributed by atoms with van der Waals surface area (Å²) in [6, 6.07) is 7.32. The molecule has 1 rings (SSSR count). The van der Waals surface area contributed by atoms with Crippen LogP contribution in [0, 0.1) is 12.8 Å². The highest BCUT2D eigenvalue weighted by molar-refractivity contribution is 6.15. The van der Waals surface area contributed by atoms with Crippen LogP contribution in [0.2, 0.25) is 0 Å². The van der Waals surface area contributed by atoms with Crippen LogP contribution in [0.3, 0.4) is 0 Å². The second-order valence-electron chi connectivity index (χ2n) is 4.51. The van der Waals surface area contributed by atoms with Crippen molar-refractivity contribution in [2.24, 2.45) is 5.92 Å². The molecule has 0 fully saturated rings. The van der Waals surface area contributed by atoms with E-state index in [0.29, 0.717) is 0 Å². The van der Waals surface area contributed by atoms with Crippen molar-refractivity contribution in [1.29, 1.82) is 0 Å². The average molecular weight is 292 g/mol. The molecule has 0 unspecified atom stereocenters. The fourth-order valence-corrected chi connectivity index (χ4v) is 1.91. The highest BCUT2D eigenvalue weighted by atomic mass is 16.6. The zero-order valence-electron chi connectivity index (χ0n) is 12.5. The molecule has 5 nitrogen and oxygen atoms in total. The van der Waals surface area contributed by atoms with Gasteiger partial charge in [0.2, 0.25) is 5.92 Å². The van der Waals surface area contributed by atoms with E-state index in [1.807, 2.05) is 19.1 Å². The van der Waals surface area contributed by atoms with Gasteiger partial charge in [-0.1, -0.05) is 24.3 Å². The van der Waals surface area contributed by atoms with E-state index in [4.69, 9.17) is 9.47 Å². The summed E-state index contributed by atoms with van der Waals surface area (Å²) < 4.78 is 9.60. The van der Waals surface area contributed by atoms with Crippen LogP contribution in [-0.4, -0.2) is 30.9 Å². The Labute approximate surface area is 124 Å². The molecule has 0 bridgehead atoms. The minimum atomic E-state index is -1.51. The van der Waals surface area contributed by atoms with Gasteiger partial charge in [0.1, 0.15) is 0 Å². The molecule has 0 atom stereocenters. The van der Waals surface area contributed by atoms with Gasteiger partial charge in [-0.3, -0.25) is 14.4 Å². The normalized spacial score (nSPS) is 10.3. The first-order chi connectivity index (χ1) is 10.0. The topological polar surface area (TPSA) is 69.7 Å². The lowest BCUT2D eigenvalue weighted by Gasteiger charge is -2.14. The largest absolute Gasteiger partial charge is 0.465 e. The maximum Gasteiger partial charge on any atom is 0.328 e. The third-order valence-corrected chi connectivity index (χ3v) is 2.99. The summed E-state index contributed by atoms with van der Waals surface area (Å²) in [5, 5.41) is 0. The SMILES string of the molecule is CCOC(=O)C(C(=O)Cc1ccccc1C)C(=O)OCC. The van der Waals surface area contributed by atoms with E-state index in [-0.39, 0.29) is 19.6 Å². The average Bonchev–Trinajstić information content (AvgIpc) is 2.42. The van der Waals surface area contributed by atoms with E-state index in [9.17, 15) is 14.4 Å². The molecule has 1 aromatic carbocycles. The number of hydrogen-bond donors (Lipinski definition) is 0. The van der Waals surface area contributed by atoms with Crippen LogP contribution in [0.25, 0.3) is 0 Å². The highest BCUT2D eigenvalue weighted by Crippen LogP contribution is 2.13. The number of hydrogen-bond acceptors (Lipinski definition) is 5. The van der Waals surface area contributed by atoms with Gasteiger partial charge in [0.05, 0.1) is 13.2 Å². The lowest BCUT2D eigenvalue weighted by atomic mass is 9.95. The van der Waals surface area contributed by atoms with Crippen molar-refractivity contribution in [3.05, 3.63) is 35.4 Å². The monoisotopic (exact) mass is 292 g/mol. The zero-order valence-corrected chi connectivity index (χ0v) is 12.5. The van der Waals surface area contributed by atoms with Gasteiger partial charge in [0.15, 0.2) is 5.78 Å². The van der Waals surface area contributed by atoms with Crippen LogP contribution < -0.4 is 0 Å². The van der Waals surface area contributed by atoms with E-state index in [0.717, 1.165) is 11.1 Å². The standard InChI is InChI=1S/C16H20O5/c1-4-20-15(18)14(16(19)21-5-2)13(17)10-12-9-7-6-8-11(12)3/h6-9,14H,4-5,10H2,1-3H3. The second-order valence-corrected chi connectivity index (χ2v) is 4.51. The lowest BCUT2D eigenvalue weighted by Crippen LogP contribution is -2.36. The molecule has 0 aliphatic rings. The van der Waals surface area contributed by atoms with Crippen molar-refractivity contribution in [2.45, 2.75) is 27.2 Å². The third-order valence-electron chi connectivity index (χ3n) is 2.99. The summed E-state index contributed by atoms with van der Waals surface area (Å²) in [6.45, 7) is 5.31. The number of Topliss-reactive ketones (excluding diaryl/α,β-unsaturated/α-hetero) is 1. The van der Waals surface area contributed by atoms with Gasteiger partial charge in [-0.15, -0.1) is 0 Å². The van der Waals surface area contributed by atoms with Gasteiger partial charge in [0, 0.05) is 6.42 Å². The number of aryl methyl sites for hydroxylation is 1. The summed E-state index contributed by atoms with van der Waals surface area (Å²) in [4.78, 5) is 36.0. The van der Waals surface area contributed by atoms with Gasteiger partial charge in [-0.05, 0) is 31.9 Å². The van der Waals surface area contributed by atoms with E-state index in [1.165, 1.54) is 0 Å². The molecule has 5 heteroatoms. The van der Waals surface area contributed by atoms with Crippen molar-refractivity contribution >= 4 is 17.7 Å². The fraction of sp³-hybridized carbons (Fsp3) is 0.438. The van der Waals surface area contributed by atoms with Crippen molar-refractivity contribution in [3.8, 4) is 0 Å². The van der Waals surface area contributed by atoms with Gasteiger partial charge in [-0.2, -0.15) is 0 Å².